The Morgan fingerprint density at radius 2 is 1.83 bits per heavy atom. The van der Waals surface area contributed by atoms with E-state index in [-0.39, 0.29) is 18.4 Å². The predicted molar refractivity (Wildman–Crippen MR) is 98.9 cm³/mol. The van der Waals surface area contributed by atoms with Crippen molar-refractivity contribution in [1.29, 1.82) is 0 Å². The van der Waals surface area contributed by atoms with Crippen LogP contribution in [0.25, 0.3) is 0 Å². The lowest BCUT2D eigenvalue weighted by Crippen LogP contribution is -2.38. The third-order valence-electron chi connectivity index (χ3n) is 4.63. The Kier molecular flexibility index (Phi) is 9.27. The monoisotopic (exact) mass is 338 g/mol. The van der Waals surface area contributed by atoms with Crippen LogP contribution in [0.1, 0.15) is 68.5 Å². The summed E-state index contributed by atoms with van der Waals surface area (Å²) < 4.78 is 0. The first-order valence-electron chi connectivity index (χ1n) is 8.78. The number of nitrogens with zero attached hydrogens (tertiary/aromatic N) is 1. The molecule has 1 saturated heterocycles. The van der Waals surface area contributed by atoms with E-state index in [1.54, 1.807) is 0 Å². The van der Waals surface area contributed by atoms with Crippen LogP contribution in [0.4, 0.5) is 0 Å². The molecule has 0 aromatic heterocycles. The van der Waals surface area contributed by atoms with Crippen LogP contribution >= 0.6 is 12.4 Å². The number of piperidine rings is 1. The average Bonchev–Trinajstić information content (AvgIpc) is 2.55. The predicted octanol–water partition coefficient (Wildman–Crippen LogP) is 4.38. The Bertz CT molecular complexity index is 461. The zero-order valence-electron chi connectivity index (χ0n) is 14.3. The first kappa shape index (κ1) is 20.0. The highest BCUT2D eigenvalue weighted by Gasteiger charge is 2.27. The maximum Gasteiger partial charge on any atom is 0.223 e. The van der Waals surface area contributed by atoms with Crippen LogP contribution in [0.2, 0.25) is 0 Å². The fourth-order valence-corrected chi connectivity index (χ4v) is 3.28. The molecule has 130 valence electrons. The van der Waals surface area contributed by atoms with Gasteiger partial charge in [0.15, 0.2) is 0 Å². The molecule has 4 heteroatoms. The number of aryl methyl sites for hydroxylation is 1. The SMILES string of the molecule is Cc1ccc(C2CCCCN2C(=O)CCCCCCN)cc1.Cl. The molecule has 1 heterocycles. The van der Waals surface area contributed by atoms with Gasteiger partial charge in [0, 0.05) is 13.0 Å². The molecule has 1 unspecified atom stereocenters. The molecule has 1 aromatic rings. The molecule has 0 aliphatic carbocycles. The van der Waals surface area contributed by atoms with E-state index >= 15 is 0 Å². The summed E-state index contributed by atoms with van der Waals surface area (Å²) in [6.45, 7) is 3.78. The van der Waals surface area contributed by atoms with Gasteiger partial charge >= 0.3 is 0 Å². The van der Waals surface area contributed by atoms with Crippen molar-refractivity contribution in [2.45, 2.75) is 64.3 Å². The third-order valence-corrected chi connectivity index (χ3v) is 4.63. The molecule has 23 heavy (non-hydrogen) atoms. The molecule has 0 bridgehead atoms. The van der Waals surface area contributed by atoms with Gasteiger partial charge in [-0.05, 0) is 51.1 Å². The van der Waals surface area contributed by atoms with E-state index in [1.165, 1.54) is 17.5 Å². The molecule has 2 N–H and O–H groups in total. The summed E-state index contributed by atoms with van der Waals surface area (Å²) in [7, 11) is 0. The second-order valence-electron chi connectivity index (χ2n) is 6.46. The number of hydrogen-bond acceptors (Lipinski definition) is 2. The maximum atomic E-state index is 12.6. The highest BCUT2D eigenvalue weighted by Crippen LogP contribution is 2.31. The Balaban J connectivity index is 0.00000264. The van der Waals surface area contributed by atoms with Crippen LogP contribution < -0.4 is 5.73 Å². The lowest BCUT2D eigenvalue weighted by molar-refractivity contribution is -0.135. The van der Waals surface area contributed by atoms with Gasteiger partial charge in [0.1, 0.15) is 0 Å². The van der Waals surface area contributed by atoms with Gasteiger partial charge in [0.05, 0.1) is 6.04 Å². The largest absolute Gasteiger partial charge is 0.336 e. The summed E-state index contributed by atoms with van der Waals surface area (Å²) in [6.07, 6.45) is 8.48. The van der Waals surface area contributed by atoms with Gasteiger partial charge in [0.25, 0.3) is 0 Å². The normalized spacial score (nSPS) is 17.7. The van der Waals surface area contributed by atoms with Crippen molar-refractivity contribution >= 4 is 18.3 Å². The summed E-state index contributed by atoms with van der Waals surface area (Å²) in [4.78, 5) is 14.7. The van der Waals surface area contributed by atoms with Gasteiger partial charge < -0.3 is 10.6 Å². The molecule has 0 saturated carbocycles. The topological polar surface area (TPSA) is 46.3 Å². The minimum atomic E-state index is 0. The molecule has 2 rings (SSSR count). The van der Waals surface area contributed by atoms with Crippen LogP contribution in [0.15, 0.2) is 24.3 Å². The molecule has 1 fully saturated rings. The number of likely N-dealkylation sites (tertiary alicyclic amines) is 1. The van der Waals surface area contributed by atoms with Crippen molar-refractivity contribution in [3.63, 3.8) is 0 Å². The van der Waals surface area contributed by atoms with E-state index < -0.39 is 0 Å². The number of nitrogens with two attached hydrogens (primary N) is 1. The van der Waals surface area contributed by atoms with Crippen LogP contribution in [-0.4, -0.2) is 23.9 Å². The summed E-state index contributed by atoms with van der Waals surface area (Å²) >= 11 is 0. The first-order chi connectivity index (χ1) is 10.7. The molecule has 1 atom stereocenters. The quantitative estimate of drug-likeness (QED) is 0.750. The number of rotatable bonds is 7. The van der Waals surface area contributed by atoms with Crippen molar-refractivity contribution in [2.75, 3.05) is 13.1 Å². The Labute approximate surface area is 147 Å². The molecular weight excluding hydrogens is 308 g/mol. The minimum absolute atomic E-state index is 0. The molecule has 1 aliphatic heterocycles. The summed E-state index contributed by atoms with van der Waals surface area (Å²) in [5, 5.41) is 0. The van der Waals surface area contributed by atoms with Crippen molar-refractivity contribution in [3.8, 4) is 0 Å². The van der Waals surface area contributed by atoms with Crippen LogP contribution in [0.5, 0.6) is 0 Å². The highest BCUT2D eigenvalue weighted by molar-refractivity contribution is 5.85. The van der Waals surface area contributed by atoms with Gasteiger partial charge in [-0.2, -0.15) is 0 Å². The average molecular weight is 339 g/mol. The number of carbonyl (C=O) groups excluding carboxylic acids is 1. The number of benzene rings is 1. The van der Waals surface area contributed by atoms with Crippen LogP contribution in [0.3, 0.4) is 0 Å². The number of unbranched alkanes of at least 4 members (excludes halogenated alkanes) is 3. The lowest BCUT2D eigenvalue weighted by Gasteiger charge is -2.36. The smallest absolute Gasteiger partial charge is 0.223 e. The first-order valence-corrected chi connectivity index (χ1v) is 8.78. The van der Waals surface area contributed by atoms with Crippen LogP contribution in [0, 0.1) is 6.92 Å². The minimum Gasteiger partial charge on any atom is -0.336 e. The van der Waals surface area contributed by atoms with E-state index in [1.807, 2.05) is 0 Å². The molecule has 3 nitrogen and oxygen atoms in total. The molecule has 1 amide bonds. The molecular formula is C19H31ClN2O. The number of hydrogen-bond donors (Lipinski definition) is 1. The van der Waals surface area contributed by atoms with Gasteiger partial charge in [-0.25, -0.2) is 0 Å². The molecule has 0 spiro atoms. The van der Waals surface area contributed by atoms with Gasteiger partial charge in [0.2, 0.25) is 5.91 Å². The number of carbonyl (C=O) groups is 1. The van der Waals surface area contributed by atoms with Crippen molar-refractivity contribution < 1.29 is 4.79 Å². The van der Waals surface area contributed by atoms with E-state index in [2.05, 4.69) is 36.1 Å². The van der Waals surface area contributed by atoms with Crippen molar-refractivity contribution in [2.24, 2.45) is 5.73 Å². The zero-order chi connectivity index (χ0) is 15.8. The lowest BCUT2D eigenvalue weighted by atomic mass is 9.94. The summed E-state index contributed by atoms with van der Waals surface area (Å²) in [6, 6.07) is 8.96. The van der Waals surface area contributed by atoms with Gasteiger partial charge in [-0.1, -0.05) is 42.7 Å². The number of halogens is 1. The summed E-state index contributed by atoms with van der Waals surface area (Å²) in [5.74, 6) is 0.332. The summed E-state index contributed by atoms with van der Waals surface area (Å²) in [5.41, 5.74) is 8.07. The van der Waals surface area contributed by atoms with E-state index in [0.717, 1.165) is 51.6 Å². The molecule has 1 aromatic carbocycles. The maximum absolute atomic E-state index is 12.6. The van der Waals surface area contributed by atoms with Gasteiger partial charge in [-0.15, -0.1) is 12.4 Å². The Morgan fingerprint density at radius 3 is 2.52 bits per heavy atom. The van der Waals surface area contributed by atoms with Crippen molar-refractivity contribution in [1.82, 2.24) is 4.90 Å². The zero-order valence-corrected chi connectivity index (χ0v) is 15.1. The van der Waals surface area contributed by atoms with Crippen molar-refractivity contribution in [3.05, 3.63) is 35.4 Å². The standard InChI is InChI=1S/C19H30N2O.ClH/c1-16-10-12-17(13-11-16)18-8-5-7-15-21(18)19(22)9-4-2-3-6-14-20;/h10-13,18H,2-9,14-15,20H2,1H3;1H. The van der Waals surface area contributed by atoms with Gasteiger partial charge in [-0.3, -0.25) is 4.79 Å². The van der Waals surface area contributed by atoms with E-state index in [0.29, 0.717) is 12.3 Å². The molecule has 0 radical (unpaired) electrons. The van der Waals surface area contributed by atoms with E-state index in [9.17, 15) is 4.79 Å². The van der Waals surface area contributed by atoms with Crippen LogP contribution in [-0.2, 0) is 4.79 Å². The Morgan fingerprint density at radius 1 is 1.13 bits per heavy atom. The fraction of sp³-hybridized carbons (Fsp3) is 0.632. The fourth-order valence-electron chi connectivity index (χ4n) is 3.28. The highest BCUT2D eigenvalue weighted by atomic mass is 35.5. The second-order valence-corrected chi connectivity index (χ2v) is 6.46. The van der Waals surface area contributed by atoms with E-state index in [4.69, 9.17) is 5.73 Å². The number of amides is 1. The Hall–Kier alpha value is -1.06. The second kappa shape index (κ2) is 10.7. The third kappa shape index (κ3) is 6.15. The molecule has 1 aliphatic rings.